The van der Waals surface area contributed by atoms with Gasteiger partial charge in [-0.1, -0.05) is 13.3 Å². The predicted octanol–water partition coefficient (Wildman–Crippen LogP) is 1.77. The lowest BCUT2D eigenvalue weighted by Gasteiger charge is -2.22. The number of pyridine rings is 1. The molecule has 2 unspecified atom stereocenters. The zero-order chi connectivity index (χ0) is 11.1. The van der Waals surface area contributed by atoms with Crippen LogP contribution in [0.3, 0.4) is 0 Å². The second-order valence-corrected chi connectivity index (χ2v) is 3.79. The van der Waals surface area contributed by atoms with Crippen LogP contribution in [0.4, 0.5) is 0 Å². The van der Waals surface area contributed by atoms with Gasteiger partial charge in [0, 0.05) is 25.5 Å². The van der Waals surface area contributed by atoms with Crippen LogP contribution in [0.15, 0.2) is 24.5 Å². The number of hydrogen-bond donors (Lipinski definition) is 1. The van der Waals surface area contributed by atoms with E-state index in [1.807, 2.05) is 12.1 Å². The second-order valence-electron chi connectivity index (χ2n) is 3.79. The van der Waals surface area contributed by atoms with Gasteiger partial charge in [-0.3, -0.25) is 4.98 Å². The average molecular weight is 208 g/mol. The summed E-state index contributed by atoms with van der Waals surface area (Å²) in [6, 6.07) is 4.06. The van der Waals surface area contributed by atoms with Crippen molar-refractivity contribution in [2.45, 2.75) is 38.3 Å². The molecule has 0 saturated carbocycles. The molecule has 0 aliphatic rings. The molecule has 15 heavy (non-hydrogen) atoms. The van der Waals surface area contributed by atoms with Crippen LogP contribution in [0, 0.1) is 0 Å². The highest BCUT2D eigenvalue weighted by atomic mass is 16.5. The maximum absolute atomic E-state index is 6.10. The van der Waals surface area contributed by atoms with Crippen molar-refractivity contribution in [1.29, 1.82) is 0 Å². The minimum absolute atomic E-state index is 0.0670. The quantitative estimate of drug-likeness (QED) is 0.775. The molecule has 0 fully saturated rings. The minimum atomic E-state index is 0.0670. The summed E-state index contributed by atoms with van der Waals surface area (Å²) in [4.78, 5) is 3.98. The van der Waals surface area contributed by atoms with Crippen molar-refractivity contribution in [3.63, 3.8) is 0 Å². The van der Waals surface area contributed by atoms with Crippen molar-refractivity contribution < 1.29 is 4.74 Å². The number of hydrogen-bond acceptors (Lipinski definition) is 3. The summed E-state index contributed by atoms with van der Waals surface area (Å²) in [5, 5.41) is 0. The van der Waals surface area contributed by atoms with Crippen LogP contribution in [-0.4, -0.2) is 24.2 Å². The van der Waals surface area contributed by atoms with Crippen LogP contribution < -0.4 is 5.73 Å². The zero-order valence-electron chi connectivity index (χ0n) is 9.52. The van der Waals surface area contributed by atoms with Crippen molar-refractivity contribution >= 4 is 0 Å². The number of rotatable bonds is 6. The minimum Gasteiger partial charge on any atom is -0.380 e. The molecule has 3 heteroatoms. The average Bonchev–Trinajstić information content (AvgIpc) is 2.27. The molecule has 1 aromatic rings. The topological polar surface area (TPSA) is 48.1 Å². The maximum atomic E-state index is 6.10. The standard InChI is InChI=1S/C12H20N2O/c1-3-4-12(15-2)11(13)9-10-5-7-14-8-6-10/h5-8,11-12H,3-4,9,13H2,1-2H3. The summed E-state index contributed by atoms with van der Waals surface area (Å²) in [6.45, 7) is 2.14. The van der Waals surface area contributed by atoms with E-state index in [9.17, 15) is 0 Å². The van der Waals surface area contributed by atoms with Gasteiger partial charge in [0.15, 0.2) is 0 Å². The van der Waals surface area contributed by atoms with Gasteiger partial charge in [0.2, 0.25) is 0 Å². The van der Waals surface area contributed by atoms with Crippen molar-refractivity contribution in [2.24, 2.45) is 5.73 Å². The van der Waals surface area contributed by atoms with Crippen LogP contribution in [0.25, 0.3) is 0 Å². The first-order valence-electron chi connectivity index (χ1n) is 5.45. The Labute approximate surface area is 91.7 Å². The SMILES string of the molecule is CCCC(OC)C(N)Cc1ccncc1. The highest BCUT2D eigenvalue weighted by molar-refractivity contribution is 5.11. The summed E-state index contributed by atoms with van der Waals surface area (Å²) in [5.41, 5.74) is 7.32. The van der Waals surface area contributed by atoms with E-state index in [0.717, 1.165) is 19.3 Å². The molecule has 0 bridgehead atoms. The molecule has 0 saturated heterocycles. The molecule has 3 nitrogen and oxygen atoms in total. The maximum Gasteiger partial charge on any atom is 0.0725 e. The highest BCUT2D eigenvalue weighted by Gasteiger charge is 2.16. The lowest BCUT2D eigenvalue weighted by atomic mass is 10.00. The smallest absolute Gasteiger partial charge is 0.0725 e. The zero-order valence-corrected chi connectivity index (χ0v) is 9.52. The fourth-order valence-corrected chi connectivity index (χ4v) is 1.71. The number of nitrogens with two attached hydrogens (primary N) is 1. The molecule has 0 aliphatic carbocycles. The number of ether oxygens (including phenoxy) is 1. The third-order valence-electron chi connectivity index (χ3n) is 2.57. The summed E-state index contributed by atoms with van der Waals surface area (Å²) in [5.74, 6) is 0. The van der Waals surface area contributed by atoms with E-state index in [4.69, 9.17) is 10.5 Å². The van der Waals surface area contributed by atoms with Crippen LogP contribution in [0.5, 0.6) is 0 Å². The molecule has 0 spiro atoms. The fourth-order valence-electron chi connectivity index (χ4n) is 1.71. The Morgan fingerprint density at radius 2 is 2.07 bits per heavy atom. The van der Waals surface area contributed by atoms with Crippen LogP contribution in [0.1, 0.15) is 25.3 Å². The summed E-state index contributed by atoms with van der Waals surface area (Å²) in [6.07, 6.45) is 6.71. The van der Waals surface area contributed by atoms with E-state index in [1.54, 1.807) is 19.5 Å². The van der Waals surface area contributed by atoms with Crippen molar-refractivity contribution in [3.05, 3.63) is 30.1 Å². The van der Waals surface area contributed by atoms with E-state index in [-0.39, 0.29) is 12.1 Å². The predicted molar refractivity (Wildman–Crippen MR) is 61.6 cm³/mol. The lowest BCUT2D eigenvalue weighted by Crippen LogP contribution is -2.37. The van der Waals surface area contributed by atoms with Gasteiger partial charge in [0.05, 0.1) is 6.10 Å². The first kappa shape index (κ1) is 12.1. The monoisotopic (exact) mass is 208 g/mol. The largest absolute Gasteiger partial charge is 0.380 e. The Morgan fingerprint density at radius 1 is 1.40 bits per heavy atom. The molecule has 1 rings (SSSR count). The Bertz CT molecular complexity index is 264. The Hall–Kier alpha value is -0.930. The third kappa shape index (κ3) is 3.98. The van der Waals surface area contributed by atoms with Gasteiger partial charge in [0.25, 0.3) is 0 Å². The molecular weight excluding hydrogens is 188 g/mol. The molecule has 0 radical (unpaired) electrons. The van der Waals surface area contributed by atoms with E-state index in [1.165, 1.54) is 5.56 Å². The fraction of sp³-hybridized carbons (Fsp3) is 0.583. The van der Waals surface area contributed by atoms with Gasteiger partial charge in [-0.15, -0.1) is 0 Å². The van der Waals surface area contributed by atoms with Crippen LogP contribution in [-0.2, 0) is 11.2 Å². The molecule has 0 aromatic carbocycles. The molecule has 0 amide bonds. The van der Waals surface area contributed by atoms with E-state index in [0.29, 0.717) is 0 Å². The lowest BCUT2D eigenvalue weighted by molar-refractivity contribution is 0.0726. The third-order valence-corrected chi connectivity index (χ3v) is 2.57. The summed E-state index contributed by atoms with van der Waals surface area (Å²) >= 11 is 0. The van der Waals surface area contributed by atoms with Crippen molar-refractivity contribution in [3.8, 4) is 0 Å². The normalized spacial score (nSPS) is 14.9. The number of methoxy groups -OCH3 is 1. The Morgan fingerprint density at radius 3 is 2.60 bits per heavy atom. The van der Waals surface area contributed by atoms with Gasteiger partial charge in [-0.05, 0) is 30.5 Å². The van der Waals surface area contributed by atoms with Crippen molar-refractivity contribution in [1.82, 2.24) is 4.98 Å². The van der Waals surface area contributed by atoms with Gasteiger partial charge in [0.1, 0.15) is 0 Å². The van der Waals surface area contributed by atoms with Gasteiger partial charge in [-0.25, -0.2) is 0 Å². The van der Waals surface area contributed by atoms with Gasteiger partial charge >= 0.3 is 0 Å². The van der Waals surface area contributed by atoms with Crippen molar-refractivity contribution in [2.75, 3.05) is 7.11 Å². The Kier molecular flexibility index (Phi) is 5.29. The highest BCUT2D eigenvalue weighted by Crippen LogP contribution is 2.09. The summed E-state index contributed by atoms with van der Waals surface area (Å²) < 4.78 is 5.38. The summed E-state index contributed by atoms with van der Waals surface area (Å²) in [7, 11) is 1.73. The van der Waals surface area contributed by atoms with Gasteiger partial charge in [-0.2, -0.15) is 0 Å². The van der Waals surface area contributed by atoms with E-state index in [2.05, 4.69) is 11.9 Å². The first-order chi connectivity index (χ1) is 7.27. The van der Waals surface area contributed by atoms with Gasteiger partial charge < -0.3 is 10.5 Å². The van der Waals surface area contributed by atoms with Crippen LogP contribution in [0.2, 0.25) is 0 Å². The molecule has 2 N–H and O–H groups in total. The number of nitrogens with zero attached hydrogens (tertiary/aromatic N) is 1. The Balaban J connectivity index is 2.50. The molecule has 1 aromatic heterocycles. The molecular formula is C12H20N2O. The molecule has 1 heterocycles. The van der Waals surface area contributed by atoms with Crippen LogP contribution >= 0.6 is 0 Å². The molecule has 2 atom stereocenters. The molecule has 84 valence electrons. The number of aromatic nitrogens is 1. The van der Waals surface area contributed by atoms with E-state index < -0.39 is 0 Å². The molecule has 0 aliphatic heterocycles. The van der Waals surface area contributed by atoms with E-state index >= 15 is 0 Å². The second kappa shape index (κ2) is 6.53. The first-order valence-corrected chi connectivity index (χ1v) is 5.45.